The molecular weight excluding hydrogens is 344 g/mol. The zero-order valence-corrected chi connectivity index (χ0v) is 14.3. The van der Waals surface area contributed by atoms with E-state index in [9.17, 15) is 9.90 Å². The Morgan fingerprint density at radius 3 is 2.92 bits per heavy atom. The van der Waals surface area contributed by atoms with Gasteiger partial charge in [-0.25, -0.2) is 4.98 Å². The lowest BCUT2D eigenvalue weighted by Gasteiger charge is -2.26. The van der Waals surface area contributed by atoms with Crippen molar-refractivity contribution in [3.05, 3.63) is 41.3 Å². The van der Waals surface area contributed by atoms with Gasteiger partial charge in [-0.05, 0) is 24.9 Å². The van der Waals surface area contributed by atoms with E-state index in [0.29, 0.717) is 16.9 Å². The summed E-state index contributed by atoms with van der Waals surface area (Å²) in [7, 11) is 1.61. The number of hydrogen-bond donors (Lipinski definition) is 1. The monoisotopic (exact) mass is 360 g/mol. The van der Waals surface area contributed by atoms with Crippen LogP contribution in [0.5, 0.6) is 0 Å². The number of rotatable bonds is 4. The third kappa shape index (κ3) is 3.39. The van der Waals surface area contributed by atoms with Crippen molar-refractivity contribution in [1.29, 1.82) is 0 Å². The molecule has 0 aliphatic carbocycles. The Labute approximate surface area is 150 Å². The van der Waals surface area contributed by atoms with E-state index in [1.165, 1.54) is 11.0 Å². The molecule has 130 valence electrons. The number of likely N-dealkylation sites (N-methyl/N-ethyl adjacent to an activating group) is 1. The maximum absolute atomic E-state index is 13.0. The normalized spacial score (nSPS) is 19.6. The molecule has 1 aliphatic rings. The molecule has 0 saturated carbocycles. The van der Waals surface area contributed by atoms with Crippen LogP contribution in [0.1, 0.15) is 10.4 Å². The summed E-state index contributed by atoms with van der Waals surface area (Å²) >= 11 is 6.13. The quantitative estimate of drug-likeness (QED) is 0.665. The van der Waals surface area contributed by atoms with Gasteiger partial charge in [0.15, 0.2) is 0 Å². The number of carbonyl (C=O) groups is 1. The number of aliphatic hydroxyl groups is 1. The second-order valence-corrected chi connectivity index (χ2v) is 6.07. The molecule has 2 aromatic rings. The highest BCUT2D eigenvalue weighted by Crippen LogP contribution is 2.34. The van der Waals surface area contributed by atoms with Gasteiger partial charge in [0.2, 0.25) is 0 Å². The van der Waals surface area contributed by atoms with Crippen molar-refractivity contribution in [2.24, 2.45) is 4.99 Å². The topological polar surface area (TPSA) is 87.9 Å². The third-order valence-electron chi connectivity index (χ3n) is 4.12. The number of ether oxygens (including phenoxy) is 1. The van der Waals surface area contributed by atoms with Crippen molar-refractivity contribution in [3.8, 4) is 11.3 Å². The van der Waals surface area contributed by atoms with E-state index in [2.05, 4.69) is 21.7 Å². The first-order valence-electron chi connectivity index (χ1n) is 7.63. The van der Waals surface area contributed by atoms with Gasteiger partial charge in [0.05, 0.1) is 36.6 Å². The fourth-order valence-corrected chi connectivity index (χ4v) is 2.97. The van der Waals surface area contributed by atoms with Crippen LogP contribution in [0, 0.1) is 0 Å². The van der Waals surface area contributed by atoms with Gasteiger partial charge < -0.3 is 14.7 Å². The standard InChI is InChI=1S/C17H17ClN4O3/c1-19-16-11(17(24)22(2)12-8-25-9-13(12)23)6-14(18)21-15(16)10-4-3-5-20-7-10/h3-7,12-13,23H,1,8-9H2,2H3. The van der Waals surface area contributed by atoms with E-state index < -0.39 is 12.1 Å². The summed E-state index contributed by atoms with van der Waals surface area (Å²) in [6, 6.07) is 4.57. The van der Waals surface area contributed by atoms with Crippen LogP contribution in [0.3, 0.4) is 0 Å². The van der Waals surface area contributed by atoms with E-state index in [4.69, 9.17) is 16.3 Å². The molecule has 25 heavy (non-hydrogen) atoms. The van der Waals surface area contributed by atoms with Gasteiger partial charge in [0, 0.05) is 25.0 Å². The Morgan fingerprint density at radius 1 is 1.52 bits per heavy atom. The van der Waals surface area contributed by atoms with Crippen molar-refractivity contribution in [1.82, 2.24) is 14.9 Å². The summed E-state index contributed by atoms with van der Waals surface area (Å²) in [5, 5.41) is 10.1. The average molecular weight is 361 g/mol. The van der Waals surface area contributed by atoms with Gasteiger partial charge >= 0.3 is 0 Å². The number of amides is 1. The fraction of sp³-hybridized carbons (Fsp3) is 0.294. The number of pyridine rings is 2. The van der Waals surface area contributed by atoms with E-state index in [0.717, 1.165) is 0 Å². The molecule has 0 radical (unpaired) electrons. The number of halogens is 1. The summed E-state index contributed by atoms with van der Waals surface area (Å²) in [5.74, 6) is -0.341. The van der Waals surface area contributed by atoms with Crippen LogP contribution in [-0.4, -0.2) is 65.0 Å². The predicted octanol–water partition coefficient (Wildman–Crippen LogP) is 1.96. The molecule has 0 spiro atoms. The maximum atomic E-state index is 13.0. The minimum absolute atomic E-state index is 0.159. The Morgan fingerprint density at radius 2 is 2.32 bits per heavy atom. The molecule has 3 heterocycles. The fourth-order valence-electron chi connectivity index (χ4n) is 2.78. The minimum Gasteiger partial charge on any atom is -0.388 e. The molecule has 2 atom stereocenters. The molecular formula is C17H17ClN4O3. The van der Waals surface area contributed by atoms with E-state index in [-0.39, 0.29) is 29.8 Å². The maximum Gasteiger partial charge on any atom is 0.256 e. The van der Waals surface area contributed by atoms with Crippen LogP contribution in [0.4, 0.5) is 5.69 Å². The smallest absolute Gasteiger partial charge is 0.256 e. The van der Waals surface area contributed by atoms with E-state index >= 15 is 0 Å². The van der Waals surface area contributed by atoms with Gasteiger partial charge in [-0.15, -0.1) is 0 Å². The molecule has 1 amide bonds. The summed E-state index contributed by atoms with van der Waals surface area (Å²) in [5.41, 5.74) is 1.68. The number of carbonyl (C=O) groups excluding carboxylic acids is 1. The number of hydrogen-bond acceptors (Lipinski definition) is 6. The SMILES string of the molecule is C=Nc1c(C(=O)N(C)C2COCC2O)cc(Cl)nc1-c1cccnc1. The molecule has 2 aromatic heterocycles. The molecule has 1 fully saturated rings. The second kappa shape index (κ2) is 7.26. The van der Waals surface area contributed by atoms with Crippen molar-refractivity contribution < 1.29 is 14.6 Å². The highest BCUT2D eigenvalue weighted by Gasteiger charge is 2.34. The molecule has 8 heteroatoms. The summed E-state index contributed by atoms with van der Waals surface area (Å²) in [6.07, 6.45) is 2.51. The molecule has 1 N–H and O–H groups in total. The molecule has 7 nitrogen and oxygen atoms in total. The second-order valence-electron chi connectivity index (χ2n) is 5.68. The Balaban J connectivity index is 2.05. The lowest BCUT2D eigenvalue weighted by Crippen LogP contribution is -2.44. The van der Waals surface area contributed by atoms with Crippen LogP contribution in [0.25, 0.3) is 11.3 Å². The average Bonchev–Trinajstić information content (AvgIpc) is 3.06. The minimum atomic E-state index is -0.732. The van der Waals surface area contributed by atoms with Crippen molar-refractivity contribution >= 4 is 29.9 Å². The highest BCUT2D eigenvalue weighted by atomic mass is 35.5. The van der Waals surface area contributed by atoms with Gasteiger partial charge in [-0.3, -0.25) is 14.8 Å². The van der Waals surface area contributed by atoms with Crippen LogP contribution in [0.15, 0.2) is 35.6 Å². The van der Waals surface area contributed by atoms with Crippen molar-refractivity contribution in [2.75, 3.05) is 20.3 Å². The summed E-state index contributed by atoms with van der Waals surface area (Å²) in [4.78, 5) is 26.7. The number of aliphatic imine (C=N–C) groups is 1. The first kappa shape index (κ1) is 17.5. The van der Waals surface area contributed by atoms with Crippen LogP contribution in [-0.2, 0) is 4.74 Å². The third-order valence-corrected chi connectivity index (χ3v) is 4.32. The molecule has 0 bridgehead atoms. The molecule has 1 aliphatic heterocycles. The Kier molecular flexibility index (Phi) is 5.08. The molecule has 2 unspecified atom stereocenters. The number of aromatic nitrogens is 2. The van der Waals surface area contributed by atoms with E-state index in [1.807, 2.05) is 0 Å². The summed E-state index contributed by atoms with van der Waals surface area (Å²) < 4.78 is 5.22. The van der Waals surface area contributed by atoms with E-state index in [1.54, 1.807) is 31.6 Å². The summed E-state index contributed by atoms with van der Waals surface area (Å²) in [6.45, 7) is 4.04. The van der Waals surface area contributed by atoms with Gasteiger partial charge in [0.1, 0.15) is 10.8 Å². The zero-order chi connectivity index (χ0) is 18.0. The van der Waals surface area contributed by atoms with Gasteiger partial charge in [0.25, 0.3) is 5.91 Å². The number of aliphatic hydroxyl groups excluding tert-OH is 1. The van der Waals surface area contributed by atoms with Crippen molar-refractivity contribution in [3.63, 3.8) is 0 Å². The molecule has 0 aromatic carbocycles. The van der Waals surface area contributed by atoms with Crippen LogP contribution >= 0.6 is 11.6 Å². The first-order valence-corrected chi connectivity index (χ1v) is 8.01. The Hall–Kier alpha value is -2.35. The predicted molar refractivity (Wildman–Crippen MR) is 94.4 cm³/mol. The lowest BCUT2D eigenvalue weighted by molar-refractivity contribution is 0.0582. The van der Waals surface area contributed by atoms with Crippen molar-refractivity contribution in [2.45, 2.75) is 12.1 Å². The van der Waals surface area contributed by atoms with Gasteiger partial charge in [-0.1, -0.05) is 11.6 Å². The first-order chi connectivity index (χ1) is 12.0. The lowest BCUT2D eigenvalue weighted by atomic mass is 10.1. The molecule has 1 saturated heterocycles. The van der Waals surface area contributed by atoms with Gasteiger partial charge in [-0.2, -0.15) is 0 Å². The zero-order valence-electron chi connectivity index (χ0n) is 13.6. The molecule has 3 rings (SSSR count). The Bertz CT molecular complexity index is 800. The van der Waals surface area contributed by atoms with Crippen LogP contribution < -0.4 is 0 Å². The number of nitrogens with zero attached hydrogens (tertiary/aromatic N) is 4. The highest BCUT2D eigenvalue weighted by molar-refractivity contribution is 6.30. The largest absolute Gasteiger partial charge is 0.388 e. The van der Waals surface area contributed by atoms with Crippen LogP contribution in [0.2, 0.25) is 5.15 Å².